The van der Waals surface area contributed by atoms with Crippen LogP contribution in [0.5, 0.6) is 0 Å². The minimum Gasteiger partial charge on any atom is -0.460 e. The monoisotopic (exact) mass is 300 g/mol. The molecule has 1 aliphatic carbocycles. The predicted octanol–water partition coefficient (Wildman–Crippen LogP) is 4.63. The number of para-hydroxylation sites is 1. The summed E-state index contributed by atoms with van der Waals surface area (Å²) in [6.45, 7) is 0. The van der Waals surface area contributed by atoms with Gasteiger partial charge in [0.1, 0.15) is 23.3 Å². The normalized spacial score (nSPS) is 22.2. The number of furan rings is 1. The van der Waals surface area contributed by atoms with Gasteiger partial charge < -0.3 is 9.73 Å². The van der Waals surface area contributed by atoms with Crippen LogP contribution in [0.1, 0.15) is 35.4 Å². The zero-order chi connectivity index (χ0) is 15.2. The molecule has 2 heterocycles. The van der Waals surface area contributed by atoms with Crippen molar-refractivity contribution in [2.24, 2.45) is 4.99 Å². The number of allylic oxidation sites excluding steroid dienone is 1. The van der Waals surface area contributed by atoms with Crippen LogP contribution in [0.4, 0.5) is 0 Å². The van der Waals surface area contributed by atoms with Crippen molar-refractivity contribution in [1.29, 1.82) is 0 Å². The van der Waals surface area contributed by atoms with Crippen LogP contribution in [0.3, 0.4) is 0 Å². The lowest BCUT2D eigenvalue weighted by Gasteiger charge is -2.32. The van der Waals surface area contributed by atoms with Crippen molar-refractivity contribution in [2.75, 3.05) is 0 Å². The molecule has 0 bridgehead atoms. The molecule has 0 saturated heterocycles. The highest BCUT2D eigenvalue weighted by molar-refractivity contribution is 5.97. The number of nitrogens with one attached hydrogen (secondary N) is 1. The number of benzene rings is 2. The lowest BCUT2D eigenvalue weighted by molar-refractivity contribution is 0.503. The average molecular weight is 300 g/mol. The second kappa shape index (κ2) is 4.85. The van der Waals surface area contributed by atoms with Gasteiger partial charge in [0.05, 0.1) is 5.92 Å². The smallest absolute Gasteiger partial charge is 0.147 e. The van der Waals surface area contributed by atoms with Crippen molar-refractivity contribution in [3.63, 3.8) is 0 Å². The molecule has 0 saturated carbocycles. The van der Waals surface area contributed by atoms with Gasteiger partial charge in [-0.2, -0.15) is 0 Å². The number of hydrogen-bond acceptors (Lipinski definition) is 3. The zero-order valence-corrected chi connectivity index (χ0v) is 12.6. The van der Waals surface area contributed by atoms with Crippen molar-refractivity contribution in [3.05, 3.63) is 77.6 Å². The third-order valence-corrected chi connectivity index (χ3v) is 4.63. The maximum atomic E-state index is 6.13. The SMILES string of the molecule is C1=Cc2c(oc3ccccc23)C(C2=NC(c3ccccc3)N2)C1. The van der Waals surface area contributed by atoms with Crippen LogP contribution in [0, 0.1) is 0 Å². The van der Waals surface area contributed by atoms with E-state index in [1.807, 2.05) is 30.3 Å². The van der Waals surface area contributed by atoms with Gasteiger partial charge >= 0.3 is 0 Å². The maximum absolute atomic E-state index is 6.13. The minimum absolute atomic E-state index is 0.0740. The topological polar surface area (TPSA) is 37.5 Å². The van der Waals surface area contributed by atoms with Crippen LogP contribution < -0.4 is 5.32 Å². The van der Waals surface area contributed by atoms with Crippen molar-refractivity contribution in [1.82, 2.24) is 5.32 Å². The summed E-state index contributed by atoms with van der Waals surface area (Å²) in [5.74, 6) is 2.26. The van der Waals surface area contributed by atoms with Crippen LogP contribution in [-0.4, -0.2) is 5.84 Å². The lowest BCUT2D eigenvalue weighted by atomic mass is 9.90. The lowest BCUT2D eigenvalue weighted by Crippen LogP contribution is -2.41. The molecule has 0 amide bonds. The molecule has 112 valence electrons. The van der Waals surface area contributed by atoms with Crippen LogP contribution in [-0.2, 0) is 0 Å². The van der Waals surface area contributed by atoms with E-state index in [4.69, 9.17) is 9.41 Å². The van der Waals surface area contributed by atoms with E-state index < -0.39 is 0 Å². The van der Waals surface area contributed by atoms with Crippen LogP contribution >= 0.6 is 0 Å². The van der Waals surface area contributed by atoms with Gasteiger partial charge in [0.15, 0.2) is 0 Å². The third-order valence-electron chi connectivity index (χ3n) is 4.63. The Bertz CT molecular complexity index is 937. The van der Waals surface area contributed by atoms with Gasteiger partial charge in [0.2, 0.25) is 0 Å². The molecule has 3 heteroatoms. The van der Waals surface area contributed by atoms with E-state index in [0.717, 1.165) is 23.6 Å². The highest BCUT2D eigenvalue weighted by Crippen LogP contribution is 2.39. The molecule has 3 nitrogen and oxygen atoms in total. The molecule has 0 spiro atoms. The predicted molar refractivity (Wildman–Crippen MR) is 92.4 cm³/mol. The quantitative estimate of drug-likeness (QED) is 0.749. The summed E-state index contributed by atoms with van der Waals surface area (Å²) in [5.41, 5.74) is 3.35. The molecule has 1 aliphatic heterocycles. The fourth-order valence-corrected chi connectivity index (χ4v) is 3.45. The molecule has 1 aromatic heterocycles. The first-order valence-electron chi connectivity index (χ1n) is 7.97. The Kier molecular flexibility index (Phi) is 2.68. The summed E-state index contributed by atoms with van der Waals surface area (Å²) >= 11 is 0. The second-order valence-electron chi connectivity index (χ2n) is 6.04. The zero-order valence-electron chi connectivity index (χ0n) is 12.6. The molecule has 3 aromatic rings. The third kappa shape index (κ3) is 1.93. The first-order valence-corrected chi connectivity index (χ1v) is 7.97. The number of aliphatic imine (C=N–C) groups is 1. The fourth-order valence-electron chi connectivity index (χ4n) is 3.45. The molecule has 1 N–H and O–H groups in total. The van der Waals surface area contributed by atoms with Gasteiger partial charge in [0, 0.05) is 10.9 Å². The van der Waals surface area contributed by atoms with E-state index in [1.165, 1.54) is 16.5 Å². The molecule has 2 unspecified atom stereocenters. The molecule has 2 atom stereocenters. The van der Waals surface area contributed by atoms with E-state index in [0.29, 0.717) is 0 Å². The summed E-state index contributed by atoms with van der Waals surface area (Å²) in [5, 5.41) is 4.69. The standard InChI is InChI=1S/C20H16N2O/c1-2-7-13(8-3-1)19-21-20(22-19)16-11-6-10-15-14-9-4-5-12-17(14)23-18(15)16/h1-10,12,16,19H,11H2,(H,21,22). The molecular weight excluding hydrogens is 284 g/mol. The first-order chi connectivity index (χ1) is 11.4. The van der Waals surface area contributed by atoms with E-state index >= 15 is 0 Å². The van der Waals surface area contributed by atoms with Gasteiger partial charge in [-0.1, -0.05) is 60.7 Å². The highest BCUT2D eigenvalue weighted by Gasteiger charge is 2.33. The van der Waals surface area contributed by atoms with Crippen molar-refractivity contribution in [2.45, 2.75) is 18.5 Å². The van der Waals surface area contributed by atoms with Crippen LogP contribution in [0.25, 0.3) is 17.0 Å². The van der Waals surface area contributed by atoms with Gasteiger partial charge in [-0.15, -0.1) is 0 Å². The van der Waals surface area contributed by atoms with Crippen molar-refractivity contribution in [3.8, 4) is 0 Å². The Morgan fingerprint density at radius 2 is 1.78 bits per heavy atom. The molecular formula is C20H16N2O. The van der Waals surface area contributed by atoms with Gasteiger partial charge in [-0.05, 0) is 18.1 Å². The van der Waals surface area contributed by atoms with E-state index in [-0.39, 0.29) is 12.1 Å². The molecule has 2 aliphatic rings. The number of amidine groups is 1. The fraction of sp³-hybridized carbons (Fsp3) is 0.150. The van der Waals surface area contributed by atoms with Gasteiger partial charge in [-0.25, -0.2) is 4.99 Å². The molecule has 0 radical (unpaired) electrons. The number of hydrogen-bond donors (Lipinski definition) is 1. The van der Waals surface area contributed by atoms with Crippen molar-refractivity contribution < 1.29 is 4.42 Å². The Balaban J connectivity index is 1.51. The Morgan fingerprint density at radius 1 is 1.00 bits per heavy atom. The maximum Gasteiger partial charge on any atom is 0.147 e. The second-order valence-corrected chi connectivity index (χ2v) is 6.04. The molecule has 0 fully saturated rings. The summed E-state index contributed by atoms with van der Waals surface area (Å²) < 4.78 is 6.13. The van der Waals surface area contributed by atoms with Gasteiger partial charge in [0.25, 0.3) is 0 Å². The number of fused-ring (bicyclic) bond motifs is 3. The summed E-state index contributed by atoms with van der Waals surface area (Å²) in [6.07, 6.45) is 5.39. The summed E-state index contributed by atoms with van der Waals surface area (Å²) in [6, 6.07) is 18.5. The first kappa shape index (κ1) is 12.7. The van der Waals surface area contributed by atoms with E-state index in [1.54, 1.807) is 0 Å². The Labute approximate surface area is 134 Å². The van der Waals surface area contributed by atoms with Gasteiger partial charge in [-0.3, -0.25) is 0 Å². The van der Waals surface area contributed by atoms with Crippen LogP contribution in [0.15, 0.2) is 70.1 Å². The average Bonchev–Trinajstić information content (AvgIpc) is 2.94. The Morgan fingerprint density at radius 3 is 2.65 bits per heavy atom. The molecule has 2 aromatic carbocycles. The largest absolute Gasteiger partial charge is 0.460 e. The molecule has 5 rings (SSSR count). The highest BCUT2D eigenvalue weighted by atomic mass is 16.3. The molecule has 23 heavy (non-hydrogen) atoms. The minimum atomic E-state index is 0.0740. The van der Waals surface area contributed by atoms with E-state index in [2.05, 4.69) is 41.7 Å². The Hall–Kier alpha value is -2.81. The number of nitrogens with zero attached hydrogens (tertiary/aromatic N) is 1. The van der Waals surface area contributed by atoms with Crippen molar-refractivity contribution >= 4 is 22.9 Å². The van der Waals surface area contributed by atoms with E-state index in [9.17, 15) is 0 Å². The summed E-state index contributed by atoms with van der Waals surface area (Å²) in [4.78, 5) is 4.80. The summed E-state index contributed by atoms with van der Waals surface area (Å²) in [7, 11) is 0. The number of rotatable bonds is 2. The van der Waals surface area contributed by atoms with Crippen LogP contribution in [0.2, 0.25) is 0 Å².